The van der Waals surface area contributed by atoms with Gasteiger partial charge >= 0.3 is 0 Å². The molecule has 1 aliphatic heterocycles. The average molecular weight is 270 g/mol. The molecule has 0 aromatic rings. The molecule has 0 aromatic carbocycles. The van der Waals surface area contributed by atoms with Gasteiger partial charge in [-0.1, -0.05) is 21.4 Å². The van der Waals surface area contributed by atoms with Crippen LogP contribution in [-0.2, 0) is 4.74 Å². The Kier molecular flexibility index (Phi) is 5.25. The molecular weight excluding hydrogens is 247 g/mol. The van der Waals surface area contributed by atoms with E-state index in [-0.39, 0.29) is 6.04 Å². The fraction of sp³-hybridized carbons (Fsp3) is 1.00. The van der Waals surface area contributed by atoms with Crippen molar-refractivity contribution < 1.29 is 4.74 Å². The van der Waals surface area contributed by atoms with Gasteiger partial charge in [-0.05, 0) is 43.6 Å². The zero-order chi connectivity index (χ0) is 13.0. The van der Waals surface area contributed by atoms with E-state index in [4.69, 9.17) is 10.3 Å². The Labute approximate surface area is 111 Å². The van der Waals surface area contributed by atoms with E-state index in [1.165, 1.54) is 25.7 Å². The van der Waals surface area contributed by atoms with Crippen LogP contribution >= 0.6 is 9.39 Å². The summed E-state index contributed by atoms with van der Waals surface area (Å²) in [7, 11) is 2.72. The molecule has 2 aliphatic rings. The van der Waals surface area contributed by atoms with E-state index in [0.29, 0.717) is 12.1 Å². The van der Waals surface area contributed by atoms with Crippen LogP contribution < -0.4 is 0 Å². The maximum absolute atomic E-state index is 8.46. The zero-order valence-corrected chi connectivity index (χ0v) is 12.2. The Morgan fingerprint density at radius 1 is 1.39 bits per heavy atom. The lowest BCUT2D eigenvalue weighted by molar-refractivity contribution is 0.00337. The lowest BCUT2D eigenvalue weighted by Crippen LogP contribution is -2.29. The fourth-order valence-electron chi connectivity index (χ4n) is 2.88. The van der Waals surface area contributed by atoms with Crippen LogP contribution in [0.1, 0.15) is 39.0 Å². The average Bonchev–Trinajstić information content (AvgIpc) is 2.70. The molecule has 1 aliphatic carbocycles. The minimum Gasteiger partial charge on any atom is -0.377 e. The Morgan fingerprint density at radius 2 is 2.11 bits per heavy atom. The number of ether oxygens (including phenoxy) is 1. The lowest BCUT2D eigenvalue weighted by Gasteiger charge is -2.28. The minimum atomic E-state index is 0.104. The third-order valence-corrected chi connectivity index (χ3v) is 4.77. The SMILES string of the molecule is C[C@H]1CC[C@H](OC[C@@H]2C[C@H](N=[N+]=[N-])CN2P)CC1. The van der Waals surface area contributed by atoms with Crippen molar-refractivity contribution in [1.82, 2.24) is 4.67 Å². The molecule has 1 unspecified atom stereocenters. The summed E-state index contributed by atoms with van der Waals surface area (Å²) in [5, 5.41) is 3.80. The highest BCUT2D eigenvalue weighted by atomic mass is 31.0. The molecule has 3 atom stereocenters. The van der Waals surface area contributed by atoms with Gasteiger partial charge in [0.05, 0.1) is 18.8 Å². The van der Waals surface area contributed by atoms with Gasteiger partial charge in [-0.15, -0.1) is 0 Å². The number of nitrogens with zero attached hydrogens (tertiary/aromatic N) is 4. The minimum absolute atomic E-state index is 0.104. The Morgan fingerprint density at radius 3 is 2.78 bits per heavy atom. The van der Waals surface area contributed by atoms with E-state index in [0.717, 1.165) is 25.5 Å². The molecule has 0 N–H and O–H groups in total. The molecule has 18 heavy (non-hydrogen) atoms. The molecule has 6 heteroatoms. The van der Waals surface area contributed by atoms with Crippen molar-refractivity contribution in [2.24, 2.45) is 11.0 Å². The topological polar surface area (TPSA) is 61.2 Å². The van der Waals surface area contributed by atoms with Crippen molar-refractivity contribution in [1.29, 1.82) is 0 Å². The summed E-state index contributed by atoms with van der Waals surface area (Å²) in [6, 6.07) is 0.484. The Balaban J connectivity index is 1.72. The van der Waals surface area contributed by atoms with Crippen molar-refractivity contribution in [2.45, 2.75) is 57.2 Å². The maximum atomic E-state index is 8.46. The summed E-state index contributed by atoms with van der Waals surface area (Å²) >= 11 is 0. The molecule has 2 fully saturated rings. The van der Waals surface area contributed by atoms with Crippen molar-refractivity contribution in [3.8, 4) is 0 Å². The third-order valence-electron chi connectivity index (χ3n) is 4.14. The number of rotatable bonds is 4. The third kappa shape index (κ3) is 3.83. The molecule has 0 radical (unpaired) electrons. The summed E-state index contributed by atoms with van der Waals surface area (Å²) in [5.41, 5.74) is 8.46. The van der Waals surface area contributed by atoms with E-state index < -0.39 is 0 Å². The highest BCUT2D eigenvalue weighted by Crippen LogP contribution is 2.28. The molecule has 0 amide bonds. The molecule has 2 rings (SSSR count). The largest absolute Gasteiger partial charge is 0.377 e. The van der Waals surface area contributed by atoms with Gasteiger partial charge in [0.2, 0.25) is 0 Å². The Hall–Kier alpha value is -0.340. The van der Waals surface area contributed by atoms with Crippen LogP contribution in [0.25, 0.3) is 10.4 Å². The van der Waals surface area contributed by atoms with Crippen LogP contribution in [0, 0.1) is 5.92 Å². The molecule has 0 bridgehead atoms. The lowest BCUT2D eigenvalue weighted by atomic mass is 9.89. The van der Waals surface area contributed by atoms with Gasteiger partial charge in [-0.2, -0.15) is 0 Å². The van der Waals surface area contributed by atoms with Crippen molar-refractivity contribution in [3.05, 3.63) is 10.4 Å². The van der Waals surface area contributed by atoms with E-state index in [2.05, 4.69) is 31.0 Å². The summed E-state index contributed by atoms with van der Waals surface area (Å²) in [5.74, 6) is 0.865. The quantitative estimate of drug-likeness (QED) is 0.341. The van der Waals surface area contributed by atoms with Gasteiger partial charge in [-0.25, -0.2) is 0 Å². The van der Waals surface area contributed by atoms with E-state index >= 15 is 0 Å². The summed E-state index contributed by atoms with van der Waals surface area (Å²) in [6.07, 6.45) is 6.34. The van der Waals surface area contributed by atoms with E-state index in [1.54, 1.807) is 0 Å². The second kappa shape index (κ2) is 6.72. The predicted octanol–water partition coefficient (Wildman–Crippen LogP) is 3.13. The maximum Gasteiger partial charge on any atom is 0.0628 e. The van der Waals surface area contributed by atoms with Crippen LogP contribution in [-0.4, -0.2) is 36.0 Å². The first kappa shape index (κ1) is 14.1. The monoisotopic (exact) mass is 270 g/mol. The van der Waals surface area contributed by atoms with Crippen LogP contribution in [0.3, 0.4) is 0 Å². The highest BCUT2D eigenvalue weighted by molar-refractivity contribution is 7.13. The molecule has 102 valence electrons. The van der Waals surface area contributed by atoms with Gasteiger partial charge in [-0.3, -0.25) is 4.67 Å². The van der Waals surface area contributed by atoms with E-state index in [9.17, 15) is 0 Å². The molecule has 0 aromatic heterocycles. The first-order chi connectivity index (χ1) is 8.69. The van der Waals surface area contributed by atoms with Gasteiger partial charge < -0.3 is 4.74 Å². The van der Waals surface area contributed by atoms with Gasteiger partial charge in [0, 0.05) is 17.5 Å². The van der Waals surface area contributed by atoms with Crippen LogP contribution in [0.15, 0.2) is 5.11 Å². The molecular formula is C12H23N4OP. The van der Waals surface area contributed by atoms with Crippen LogP contribution in [0.4, 0.5) is 0 Å². The number of hydrogen-bond donors (Lipinski definition) is 0. The first-order valence-electron chi connectivity index (χ1n) is 6.86. The smallest absolute Gasteiger partial charge is 0.0628 e. The molecule has 1 heterocycles. The number of hydrogen-bond acceptors (Lipinski definition) is 3. The standard InChI is InChI=1S/C12H23N4OP/c1-9-2-4-12(5-3-9)17-8-11-6-10(14-15-13)7-16(11)18/h9-12H,2-8,18H2,1H3/t9-,10-,11-,12-/m0/s1. The zero-order valence-electron chi connectivity index (χ0n) is 11.0. The Bertz CT molecular complexity index is 313. The summed E-state index contributed by atoms with van der Waals surface area (Å²) < 4.78 is 8.19. The van der Waals surface area contributed by atoms with Crippen molar-refractivity contribution in [2.75, 3.05) is 13.2 Å². The van der Waals surface area contributed by atoms with Crippen LogP contribution in [0.5, 0.6) is 0 Å². The normalized spacial score (nSPS) is 37.4. The first-order valence-corrected chi connectivity index (χ1v) is 7.37. The van der Waals surface area contributed by atoms with Crippen LogP contribution in [0.2, 0.25) is 0 Å². The van der Waals surface area contributed by atoms with Crippen molar-refractivity contribution in [3.63, 3.8) is 0 Å². The highest BCUT2D eigenvalue weighted by Gasteiger charge is 2.30. The fourth-order valence-corrected chi connectivity index (χ4v) is 3.33. The summed E-state index contributed by atoms with van der Waals surface area (Å²) in [6.45, 7) is 3.91. The molecule has 5 nitrogen and oxygen atoms in total. The molecule has 1 saturated heterocycles. The van der Waals surface area contributed by atoms with E-state index in [1.807, 2.05) is 0 Å². The molecule has 0 spiro atoms. The molecule has 1 saturated carbocycles. The van der Waals surface area contributed by atoms with Gasteiger partial charge in [0.15, 0.2) is 0 Å². The van der Waals surface area contributed by atoms with Crippen molar-refractivity contribution >= 4 is 9.39 Å². The number of azide groups is 1. The summed E-state index contributed by atoms with van der Waals surface area (Å²) in [4.78, 5) is 2.89. The second-order valence-electron chi connectivity index (χ2n) is 5.66. The second-order valence-corrected chi connectivity index (χ2v) is 6.32. The predicted molar refractivity (Wildman–Crippen MR) is 75.1 cm³/mol. The van der Waals surface area contributed by atoms with Gasteiger partial charge in [0.25, 0.3) is 0 Å². The van der Waals surface area contributed by atoms with Gasteiger partial charge in [0.1, 0.15) is 0 Å².